The number of nitrogens with zero attached hydrogens (tertiary/aromatic N) is 3. The van der Waals surface area contributed by atoms with Crippen LogP contribution in [0, 0.1) is 0 Å². The molecule has 0 saturated carbocycles. The van der Waals surface area contributed by atoms with Crippen LogP contribution < -0.4 is 0 Å². The molecule has 2 aromatic heterocycles. The number of aromatic nitrogens is 3. The van der Waals surface area contributed by atoms with Gasteiger partial charge in [0.2, 0.25) is 0 Å². The van der Waals surface area contributed by atoms with Crippen molar-refractivity contribution in [3.63, 3.8) is 0 Å². The quantitative estimate of drug-likeness (QED) is 0.246. The first-order chi connectivity index (χ1) is 18.1. The molecular formula is C34H25N3. The van der Waals surface area contributed by atoms with Gasteiger partial charge in [0, 0.05) is 27.4 Å². The topological polar surface area (TPSA) is 22.8 Å². The van der Waals surface area contributed by atoms with Gasteiger partial charge in [0.1, 0.15) is 5.82 Å². The molecule has 0 bridgehead atoms. The summed E-state index contributed by atoms with van der Waals surface area (Å²) in [4.78, 5) is 5.19. The van der Waals surface area contributed by atoms with Crippen LogP contribution in [-0.4, -0.2) is 14.1 Å². The molecule has 1 aliphatic heterocycles. The normalized spacial score (nSPS) is 13.9. The number of hydrogen-bond acceptors (Lipinski definition) is 1. The third kappa shape index (κ3) is 2.69. The Morgan fingerprint density at radius 1 is 0.595 bits per heavy atom. The Balaban J connectivity index is 1.54. The van der Waals surface area contributed by atoms with Gasteiger partial charge in [0.25, 0.3) is 0 Å². The number of benzene rings is 5. The summed E-state index contributed by atoms with van der Waals surface area (Å²) < 4.78 is 4.76. The van der Waals surface area contributed by atoms with Crippen molar-refractivity contribution in [1.29, 1.82) is 0 Å². The zero-order valence-electron chi connectivity index (χ0n) is 20.8. The van der Waals surface area contributed by atoms with E-state index in [0.717, 1.165) is 28.1 Å². The summed E-state index contributed by atoms with van der Waals surface area (Å²) in [5.74, 6) is 0.969. The summed E-state index contributed by atoms with van der Waals surface area (Å²) in [5, 5.41) is 2.55. The zero-order valence-corrected chi connectivity index (χ0v) is 20.8. The highest BCUT2D eigenvalue weighted by Crippen LogP contribution is 2.49. The molecule has 1 aliphatic rings. The van der Waals surface area contributed by atoms with E-state index in [1.165, 1.54) is 38.6 Å². The van der Waals surface area contributed by atoms with Gasteiger partial charge in [-0.15, -0.1) is 0 Å². The molecule has 0 N–H and O–H groups in total. The maximum atomic E-state index is 5.19. The van der Waals surface area contributed by atoms with Crippen LogP contribution in [0.1, 0.15) is 25.0 Å². The van der Waals surface area contributed by atoms with E-state index in [1.807, 2.05) is 0 Å². The van der Waals surface area contributed by atoms with Crippen LogP contribution in [0.3, 0.4) is 0 Å². The fourth-order valence-corrected chi connectivity index (χ4v) is 6.35. The van der Waals surface area contributed by atoms with Gasteiger partial charge in [0.05, 0.1) is 27.8 Å². The van der Waals surface area contributed by atoms with E-state index in [1.54, 1.807) is 0 Å². The first kappa shape index (κ1) is 20.6. The minimum Gasteiger partial charge on any atom is -0.309 e. The molecule has 0 radical (unpaired) electrons. The van der Waals surface area contributed by atoms with Gasteiger partial charge in [-0.1, -0.05) is 80.6 Å². The second kappa shape index (κ2) is 7.21. The van der Waals surface area contributed by atoms with E-state index in [9.17, 15) is 0 Å². The molecule has 7 aromatic rings. The molecule has 8 rings (SSSR count). The van der Waals surface area contributed by atoms with E-state index in [2.05, 4.69) is 138 Å². The lowest BCUT2D eigenvalue weighted by Gasteiger charge is -2.35. The van der Waals surface area contributed by atoms with Crippen LogP contribution in [0.4, 0.5) is 0 Å². The first-order valence-corrected chi connectivity index (χ1v) is 12.8. The zero-order chi connectivity index (χ0) is 24.7. The highest BCUT2D eigenvalue weighted by atomic mass is 15.1. The summed E-state index contributed by atoms with van der Waals surface area (Å²) in [6.07, 6.45) is 0. The second-order valence-electron chi connectivity index (χ2n) is 10.5. The molecule has 0 unspecified atom stereocenters. The number of hydrogen-bond donors (Lipinski definition) is 0. The number of fused-ring (bicyclic) bond motifs is 6. The largest absolute Gasteiger partial charge is 0.309 e. The fourth-order valence-electron chi connectivity index (χ4n) is 6.35. The van der Waals surface area contributed by atoms with Crippen LogP contribution in [0.25, 0.3) is 55.6 Å². The maximum Gasteiger partial charge on any atom is 0.145 e. The van der Waals surface area contributed by atoms with Crippen molar-refractivity contribution in [2.24, 2.45) is 0 Å². The van der Waals surface area contributed by atoms with Gasteiger partial charge in [-0.25, -0.2) is 4.98 Å². The lowest BCUT2D eigenvalue weighted by Crippen LogP contribution is -2.26. The van der Waals surface area contributed by atoms with Crippen LogP contribution in [0.15, 0.2) is 115 Å². The molecule has 37 heavy (non-hydrogen) atoms. The Bertz CT molecular complexity index is 2000. The van der Waals surface area contributed by atoms with E-state index >= 15 is 0 Å². The van der Waals surface area contributed by atoms with E-state index in [0.29, 0.717) is 0 Å². The van der Waals surface area contributed by atoms with Gasteiger partial charge in [-0.05, 0) is 59.7 Å². The molecule has 0 aliphatic carbocycles. The van der Waals surface area contributed by atoms with Crippen molar-refractivity contribution in [3.8, 4) is 22.8 Å². The van der Waals surface area contributed by atoms with Crippen molar-refractivity contribution < 1.29 is 0 Å². The van der Waals surface area contributed by atoms with Crippen LogP contribution in [0.2, 0.25) is 0 Å². The van der Waals surface area contributed by atoms with Crippen molar-refractivity contribution in [3.05, 3.63) is 126 Å². The van der Waals surface area contributed by atoms with Crippen molar-refractivity contribution in [2.45, 2.75) is 19.3 Å². The molecule has 5 aromatic carbocycles. The predicted molar refractivity (Wildman–Crippen MR) is 153 cm³/mol. The average molecular weight is 476 g/mol. The molecule has 0 spiro atoms. The van der Waals surface area contributed by atoms with Gasteiger partial charge in [-0.2, -0.15) is 0 Å². The highest BCUT2D eigenvalue weighted by molar-refractivity contribution is 6.12. The standard InChI is InChI=1S/C34H25N3/c1-34(2)26-15-7-10-18-30(26)37-29-17-9-6-14-24(29)25-20-22(21-27(34)32(25)37)33-35-28-16-8-11-19-31(28)36(33)23-12-4-3-5-13-23/h3-21H,1-2H3. The average Bonchev–Trinajstić information content (AvgIpc) is 3.49. The monoisotopic (exact) mass is 475 g/mol. The minimum atomic E-state index is -0.154. The molecule has 0 amide bonds. The van der Waals surface area contributed by atoms with Crippen LogP contribution in [0.5, 0.6) is 0 Å². The second-order valence-corrected chi connectivity index (χ2v) is 10.5. The Hall–Kier alpha value is -4.63. The van der Waals surface area contributed by atoms with Gasteiger partial charge in [-0.3, -0.25) is 4.57 Å². The molecule has 3 heteroatoms. The first-order valence-electron chi connectivity index (χ1n) is 12.8. The lowest BCUT2D eigenvalue weighted by atomic mass is 9.74. The van der Waals surface area contributed by atoms with Crippen molar-refractivity contribution in [1.82, 2.24) is 14.1 Å². The minimum absolute atomic E-state index is 0.154. The van der Waals surface area contributed by atoms with Crippen molar-refractivity contribution >= 4 is 32.8 Å². The third-order valence-electron chi connectivity index (χ3n) is 8.09. The molecule has 0 saturated heterocycles. The van der Waals surface area contributed by atoms with Gasteiger partial charge in [0.15, 0.2) is 0 Å². The molecule has 3 heterocycles. The fraction of sp³-hybridized carbons (Fsp3) is 0.0882. The molecule has 0 fully saturated rings. The smallest absolute Gasteiger partial charge is 0.145 e. The van der Waals surface area contributed by atoms with E-state index in [4.69, 9.17) is 4.98 Å². The third-order valence-corrected chi connectivity index (χ3v) is 8.09. The van der Waals surface area contributed by atoms with Crippen molar-refractivity contribution in [2.75, 3.05) is 0 Å². The van der Waals surface area contributed by atoms with E-state index in [-0.39, 0.29) is 5.41 Å². The van der Waals surface area contributed by atoms with E-state index < -0.39 is 0 Å². The summed E-state index contributed by atoms with van der Waals surface area (Å²) in [6.45, 7) is 4.71. The Kier molecular flexibility index (Phi) is 4.00. The molecule has 0 atom stereocenters. The Labute approximate surface area is 215 Å². The summed E-state index contributed by atoms with van der Waals surface area (Å²) in [5.41, 5.74) is 10.7. The molecule has 176 valence electrons. The summed E-state index contributed by atoms with van der Waals surface area (Å²) in [6, 6.07) is 41.4. The van der Waals surface area contributed by atoms with Gasteiger partial charge < -0.3 is 4.57 Å². The van der Waals surface area contributed by atoms with Gasteiger partial charge >= 0.3 is 0 Å². The SMILES string of the molecule is CC1(C)c2ccccc2-n2c3ccccc3c3cc(-c4nc5ccccc5n4-c4ccccc4)cc1c32. The Morgan fingerprint density at radius 3 is 2.16 bits per heavy atom. The molecular weight excluding hydrogens is 450 g/mol. The lowest BCUT2D eigenvalue weighted by molar-refractivity contribution is 0.630. The summed E-state index contributed by atoms with van der Waals surface area (Å²) in [7, 11) is 0. The number of rotatable bonds is 2. The highest BCUT2D eigenvalue weighted by Gasteiger charge is 2.35. The number of para-hydroxylation sites is 5. The maximum absolute atomic E-state index is 5.19. The van der Waals surface area contributed by atoms with Crippen LogP contribution >= 0.6 is 0 Å². The molecule has 3 nitrogen and oxygen atoms in total. The number of imidazole rings is 1. The predicted octanol–water partition coefficient (Wildman–Crippen LogP) is 8.43. The summed E-state index contributed by atoms with van der Waals surface area (Å²) >= 11 is 0. The van der Waals surface area contributed by atoms with Crippen LogP contribution in [-0.2, 0) is 5.41 Å². The Morgan fingerprint density at radius 2 is 1.30 bits per heavy atom.